The molecule has 0 radical (unpaired) electrons. The maximum Gasteiger partial charge on any atom is 0.312 e. The van der Waals surface area contributed by atoms with Crippen LogP contribution in [-0.4, -0.2) is 64.9 Å². The average molecular weight is 394 g/mol. The summed E-state index contributed by atoms with van der Waals surface area (Å²) >= 11 is 0. The van der Waals surface area contributed by atoms with Crippen molar-refractivity contribution in [2.75, 3.05) is 45.9 Å². The van der Waals surface area contributed by atoms with Crippen LogP contribution in [0.5, 0.6) is 11.5 Å². The highest BCUT2D eigenvalue weighted by Gasteiger charge is 2.38. The van der Waals surface area contributed by atoms with E-state index in [9.17, 15) is 14.4 Å². The van der Waals surface area contributed by atoms with Crippen molar-refractivity contribution in [3.63, 3.8) is 0 Å². The molecule has 0 aliphatic carbocycles. The van der Waals surface area contributed by atoms with Crippen LogP contribution in [0, 0.1) is 5.92 Å². The minimum atomic E-state index is -0.955. The quantitative estimate of drug-likeness (QED) is 0.487. The van der Waals surface area contributed by atoms with E-state index in [1.165, 1.54) is 33.2 Å². The molecule has 28 heavy (non-hydrogen) atoms. The van der Waals surface area contributed by atoms with Crippen LogP contribution in [0.1, 0.15) is 13.3 Å². The second kappa shape index (κ2) is 9.93. The lowest BCUT2D eigenvalue weighted by Crippen LogP contribution is -2.38. The molecule has 1 aliphatic heterocycles. The molecule has 1 saturated heterocycles. The Morgan fingerprint density at radius 3 is 2.64 bits per heavy atom. The van der Waals surface area contributed by atoms with Crippen LogP contribution in [0.4, 0.5) is 5.69 Å². The lowest BCUT2D eigenvalue weighted by atomic mass is 10.1. The van der Waals surface area contributed by atoms with Crippen molar-refractivity contribution in [2.45, 2.75) is 19.4 Å². The Morgan fingerprint density at radius 1 is 1.25 bits per heavy atom. The van der Waals surface area contributed by atoms with Crippen LogP contribution >= 0.6 is 0 Å². The number of anilines is 1. The van der Waals surface area contributed by atoms with E-state index in [0.29, 0.717) is 30.3 Å². The summed E-state index contributed by atoms with van der Waals surface area (Å²) in [4.78, 5) is 38.2. The van der Waals surface area contributed by atoms with Crippen LogP contribution in [-0.2, 0) is 23.9 Å². The van der Waals surface area contributed by atoms with Gasteiger partial charge in [0.25, 0.3) is 5.91 Å². The molecule has 1 N–H and O–H groups in total. The maximum atomic E-state index is 12.4. The van der Waals surface area contributed by atoms with Gasteiger partial charge in [0, 0.05) is 32.7 Å². The summed E-state index contributed by atoms with van der Waals surface area (Å²) < 4.78 is 20.6. The molecule has 2 atom stereocenters. The largest absolute Gasteiger partial charge is 0.497 e. The van der Waals surface area contributed by atoms with Gasteiger partial charge in [0.1, 0.15) is 11.5 Å². The molecule has 0 aromatic heterocycles. The van der Waals surface area contributed by atoms with Crippen molar-refractivity contribution in [2.24, 2.45) is 5.92 Å². The highest BCUT2D eigenvalue weighted by Crippen LogP contribution is 2.36. The number of carbonyl (C=O) groups is 3. The van der Waals surface area contributed by atoms with Crippen LogP contribution in [0.3, 0.4) is 0 Å². The van der Waals surface area contributed by atoms with E-state index in [2.05, 4.69) is 5.32 Å². The van der Waals surface area contributed by atoms with Crippen LogP contribution in [0.15, 0.2) is 18.2 Å². The van der Waals surface area contributed by atoms with Gasteiger partial charge < -0.3 is 29.2 Å². The summed E-state index contributed by atoms with van der Waals surface area (Å²) in [5.41, 5.74) is 0.550. The highest BCUT2D eigenvalue weighted by atomic mass is 16.5. The molecule has 2 rings (SSSR count). The number of esters is 1. The Hall–Kier alpha value is -2.81. The fourth-order valence-corrected chi connectivity index (χ4v) is 2.85. The molecule has 1 aromatic rings. The number of carbonyl (C=O) groups excluding carboxylic acids is 3. The van der Waals surface area contributed by atoms with Gasteiger partial charge in [0.15, 0.2) is 6.10 Å². The van der Waals surface area contributed by atoms with Crippen molar-refractivity contribution in [3.05, 3.63) is 18.2 Å². The highest BCUT2D eigenvalue weighted by molar-refractivity contribution is 6.00. The third-order valence-corrected chi connectivity index (χ3v) is 4.40. The molecule has 0 bridgehead atoms. The molecular weight excluding hydrogens is 368 g/mol. The zero-order chi connectivity index (χ0) is 20.7. The van der Waals surface area contributed by atoms with Crippen molar-refractivity contribution < 1.29 is 33.3 Å². The second-order valence-corrected chi connectivity index (χ2v) is 6.31. The number of methoxy groups -OCH3 is 3. The van der Waals surface area contributed by atoms with Gasteiger partial charge >= 0.3 is 5.97 Å². The van der Waals surface area contributed by atoms with Gasteiger partial charge in [-0.3, -0.25) is 14.4 Å². The Labute approximate surface area is 163 Å². The number of benzene rings is 1. The zero-order valence-corrected chi connectivity index (χ0v) is 16.5. The minimum Gasteiger partial charge on any atom is -0.497 e. The van der Waals surface area contributed by atoms with Gasteiger partial charge in [-0.15, -0.1) is 0 Å². The number of hydrogen-bond acceptors (Lipinski definition) is 7. The molecule has 1 aliphatic rings. The smallest absolute Gasteiger partial charge is 0.312 e. The summed E-state index contributed by atoms with van der Waals surface area (Å²) in [5, 5.41) is 2.60. The SMILES string of the molecule is COCCNC(=O)[C@H](C)OC(=O)[C@@H]1CC(=O)N(c2ccc(OC)cc2OC)C1. The first kappa shape index (κ1) is 21.5. The molecule has 0 spiro atoms. The fourth-order valence-electron chi connectivity index (χ4n) is 2.85. The molecule has 2 amide bonds. The van der Waals surface area contributed by atoms with Gasteiger partial charge in [-0.2, -0.15) is 0 Å². The first-order valence-electron chi connectivity index (χ1n) is 8.90. The summed E-state index contributed by atoms with van der Waals surface area (Å²) in [7, 11) is 4.55. The summed E-state index contributed by atoms with van der Waals surface area (Å²) in [6.45, 7) is 2.33. The standard InChI is InChI=1S/C19H26N2O7/c1-12(18(23)20-7-8-25-2)28-19(24)13-9-17(22)21(11-13)15-6-5-14(26-3)10-16(15)27-4/h5-6,10,12-13H,7-9,11H2,1-4H3,(H,20,23)/t12-,13+/m0/s1. The lowest BCUT2D eigenvalue weighted by Gasteiger charge is -2.20. The van der Waals surface area contributed by atoms with Crippen molar-refractivity contribution in [1.82, 2.24) is 5.32 Å². The molecule has 154 valence electrons. The maximum absolute atomic E-state index is 12.4. The van der Waals surface area contributed by atoms with Crippen LogP contribution in [0.25, 0.3) is 0 Å². The summed E-state index contributed by atoms with van der Waals surface area (Å²) in [6, 6.07) is 5.08. The molecule has 1 heterocycles. The Balaban J connectivity index is 2.00. The summed E-state index contributed by atoms with van der Waals surface area (Å²) in [5.74, 6) is -0.818. The molecule has 9 nitrogen and oxygen atoms in total. The van der Waals surface area contributed by atoms with Gasteiger partial charge in [0.2, 0.25) is 5.91 Å². The Kier molecular flexibility index (Phi) is 7.62. The van der Waals surface area contributed by atoms with E-state index in [1.807, 2.05) is 0 Å². The molecule has 1 aromatic carbocycles. The number of nitrogens with one attached hydrogen (secondary N) is 1. The predicted octanol–water partition coefficient (Wildman–Crippen LogP) is 0.751. The van der Waals surface area contributed by atoms with Gasteiger partial charge in [-0.1, -0.05) is 0 Å². The molecule has 9 heteroatoms. The third kappa shape index (κ3) is 5.13. The molecule has 0 unspecified atom stereocenters. The molecule has 0 saturated carbocycles. The van der Waals surface area contributed by atoms with Crippen molar-refractivity contribution in [1.29, 1.82) is 0 Å². The first-order chi connectivity index (χ1) is 13.4. The number of hydrogen-bond donors (Lipinski definition) is 1. The first-order valence-corrected chi connectivity index (χ1v) is 8.90. The van der Waals surface area contributed by atoms with E-state index in [1.54, 1.807) is 18.2 Å². The van der Waals surface area contributed by atoms with Crippen LogP contribution in [0.2, 0.25) is 0 Å². The fraction of sp³-hybridized carbons (Fsp3) is 0.526. The third-order valence-electron chi connectivity index (χ3n) is 4.40. The van der Waals surface area contributed by atoms with Crippen molar-refractivity contribution in [3.8, 4) is 11.5 Å². The zero-order valence-electron chi connectivity index (χ0n) is 16.5. The van der Waals surface area contributed by atoms with Gasteiger partial charge in [0.05, 0.1) is 32.4 Å². The Bertz CT molecular complexity index is 722. The monoisotopic (exact) mass is 394 g/mol. The van der Waals surface area contributed by atoms with E-state index in [4.69, 9.17) is 18.9 Å². The minimum absolute atomic E-state index is 0.00598. The normalized spacial score (nSPS) is 17.2. The number of amides is 2. The number of ether oxygens (including phenoxy) is 4. The second-order valence-electron chi connectivity index (χ2n) is 6.31. The Morgan fingerprint density at radius 2 is 2.00 bits per heavy atom. The van der Waals surface area contributed by atoms with Crippen molar-refractivity contribution >= 4 is 23.5 Å². The number of rotatable bonds is 9. The number of nitrogens with zero attached hydrogens (tertiary/aromatic N) is 1. The van der Waals surface area contributed by atoms with Gasteiger partial charge in [-0.25, -0.2) is 0 Å². The molecular formula is C19H26N2O7. The lowest BCUT2D eigenvalue weighted by molar-refractivity contribution is -0.158. The van der Waals surface area contributed by atoms with Gasteiger partial charge in [-0.05, 0) is 19.1 Å². The van der Waals surface area contributed by atoms with Crippen LogP contribution < -0.4 is 19.7 Å². The van der Waals surface area contributed by atoms with E-state index >= 15 is 0 Å². The predicted molar refractivity (Wildman–Crippen MR) is 100 cm³/mol. The van der Waals surface area contributed by atoms with E-state index in [-0.39, 0.29) is 18.9 Å². The summed E-state index contributed by atoms with van der Waals surface area (Å²) in [6.07, 6.45) is -0.949. The van der Waals surface area contributed by atoms with E-state index < -0.39 is 23.9 Å². The molecule has 1 fully saturated rings. The van der Waals surface area contributed by atoms with E-state index in [0.717, 1.165) is 0 Å². The average Bonchev–Trinajstić information content (AvgIpc) is 3.09. The topological polar surface area (TPSA) is 103 Å².